The molecule has 32 heavy (non-hydrogen) atoms. The van der Waals surface area contributed by atoms with Gasteiger partial charge in [0, 0.05) is 44.0 Å². The average Bonchev–Trinajstić information content (AvgIpc) is 2.80. The quantitative estimate of drug-likeness (QED) is 0.243. The third-order valence-corrected chi connectivity index (χ3v) is 7.15. The number of halogens is 1. The standard InChI is InChI=1S/C23H30ClN6O2/c1-3-28(11-15-30-12-8-27(9-13-30)10-14-30)19-4-6-22(18(2)16-19)25-26-23-7-5-20(29(31)32)17-21(23)24/h4-7,16-17H,3,8-15H2,1-2H3/q+1. The van der Waals surface area contributed by atoms with E-state index in [-0.39, 0.29) is 10.7 Å². The van der Waals surface area contributed by atoms with Gasteiger partial charge in [-0.2, -0.15) is 5.11 Å². The van der Waals surface area contributed by atoms with Gasteiger partial charge >= 0.3 is 0 Å². The highest BCUT2D eigenvalue weighted by atomic mass is 35.5. The predicted molar refractivity (Wildman–Crippen MR) is 128 cm³/mol. The summed E-state index contributed by atoms with van der Waals surface area (Å²) in [6.07, 6.45) is 0. The summed E-state index contributed by atoms with van der Waals surface area (Å²) in [5, 5.41) is 19.6. The fraction of sp³-hybridized carbons (Fsp3) is 0.478. The first kappa shape index (κ1) is 22.6. The van der Waals surface area contributed by atoms with E-state index in [1.807, 2.05) is 13.0 Å². The Morgan fingerprint density at radius 3 is 2.34 bits per heavy atom. The summed E-state index contributed by atoms with van der Waals surface area (Å²) < 4.78 is 1.26. The Hall–Kier alpha value is -2.55. The Bertz CT molecular complexity index is 1010. The summed E-state index contributed by atoms with van der Waals surface area (Å²) in [5.74, 6) is 0. The smallest absolute Gasteiger partial charge is 0.271 e. The first-order valence-electron chi connectivity index (χ1n) is 11.2. The fourth-order valence-electron chi connectivity index (χ4n) is 4.62. The number of nitro groups is 1. The van der Waals surface area contributed by atoms with Crippen molar-refractivity contribution in [2.24, 2.45) is 10.2 Å². The summed E-state index contributed by atoms with van der Waals surface area (Å²) >= 11 is 6.12. The van der Waals surface area contributed by atoms with E-state index in [0.29, 0.717) is 5.69 Å². The second-order valence-electron chi connectivity index (χ2n) is 8.72. The lowest BCUT2D eigenvalue weighted by Crippen LogP contribution is -2.68. The molecule has 3 heterocycles. The number of piperazine rings is 3. The molecule has 3 saturated heterocycles. The van der Waals surface area contributed by atoms with E-state index < -0.39 is 4.92 Å². The van der Waals surface area contributed by atoms with Crippen molar-refractivity contribution in [1.29, 1.82) is 0 Å². The van der Waals surface area contributed by atoms with Gasteiger partial charge in [0.1, 0.15) is 5.69 Å². The van der Waals surface area contributed by atoms with Crippen LogP contribution in [0.4, 0.5) is 22.7 Å². The molecule has 9 heteroatoms. The van der Waals surface area contributed by atoms with Crippen molar-refractivity contribution in [3.8, 4) is 0 Å². The van der Waals surface area contributed by atoms with Crippen LogP contribution in [0.3, 0.4) is 0 Å². The van der Waals surface area contributed by atoms with Crippen LogP contribution in [0.1, 0.15) is 12.5 Å². The van der Waals surface area contributed by atoms with Crippen LogP contribution in [-0.4, -0.2) is 73.2 Å². The zero-order chi connectivity index (χ0) is 22.7. The molecule has 2 aromatic rings. The van der Waals surface area contributed by atoms with Crippen molar-refractivity contribution in [3.63, 3.8) is 0 Å². The van der Waals surface area contributed by atoms with Crippen LogP contribution in [-0.2, 0) is 0 Å². The number of fused-ring (bicyclic) bond motifs is 3. The SMILES string of the molecule is CCN(CC[N+]12CCN(CC1)CC2)c1ccc(N=Nc2ccc([N+](=O)[O-])cc2Cl)c(C)c1. The van der Waals surface area contributed by atoms with E-state index in [2.05, 4.69) is 39.1 Å². The minimum atomic E-state index is -0.481. The van der Waals surface area contributed by atoms with Crippen LogP contribution in [0, 0.1) is 17.0 Å². The molecule has 3 aliphatic heterocycles. The fourth-order valence-corrected chi connectivity index (χ4v) is 4.83. The number of hydrogen-bond acceptors (Lipinski definition) is 6. The van der Waals surface area contributed by atoms with E-state index in [4.69, 9.17) is 11.6 Å². The molecular formula is C23H30ClN6O2+. The summed E-state index contributed by atoms with van der Waals surface area (Å²) in [7, 11) is 0. The highest BCUT2D eigenvalue weighted by molar-refractivity contribution is 6.33. The van der Waals surface area contributed by atoms with Crippen LogP contribution >= 0.6 is 11.6 Å². The number of nitrogens with zero attached hydrogens (tertiary/aromatic N) is 6. The molecule has 0 N–H and O–H groups in total. The second kappa shape index (κ2) is 9.52. The Morgan fingerprint density at radius 1 is 1.09 bits per heavy atom. The number of anilines is 1. The number of quaternary nitrogens is 1. The van der Waals surface area contributed by atoms with Crippen molar-refractivity contribution in [1.82, 2.24) is 4.90 Å². The lowest BCUT2D eigenvalue weighted by Gasteiger charge is -2.51. The number of hydrogen-bond donors (Lipinski definition) is 0. The molecule has 3 fully saturated rings. The van der Waals surface area contributed by atoms with Crippen LogP contribution in [0.2, 0.25) is 5.02 Å². The molecule has 0 amide bonds. The molecule has 8 nitrogen and oxygen atoms in total. The number of nitro benzene ring substituents is 1. The Kier molecular flexibility index (Phi) is 6.74. The van der Waals surface area contributed by atoms with Crippen LogP contribution in [0.25, 0.3) is 0 Å². The molecule has 0 aromatic heterocycles. The Morgan fingerprint density at radius 2 is 1.75 bits per heavy atom. The molecule has 0 unspecified atom stereocenters. The first-order valence-corrected chi connectivity index (χ1v) is 11.6. The van der Waals surface area contributed by atoms with Gasteiger partial charge in [0.25, 0.3) is 5.69 Å². The maximum atomic E-state index is 10.9. The van der Waals surface area contributed by atoms with E-state index in [9.17, 15) is 10.1 Å². The van der Waals surface area contributed by atoms with Crippen LogP contribution in [0.5, 0.6) is 0 Å². The minimum Gasteiger partial charge on any atom is -0.366 e. The lowest BCUT2D eigenvalue weighted by atomic mass is 10.1. The van der Waals surface area contributed by atoms with Gasteiger partial charge in [0.15, 0.2) is 0 Å². The molecular weight excluding hydrogens is 428 g/mol. The van der Waals surface area contributed by atoms with E-state index >= 15 is 0 Å². The molecule has 2 bridgehead atoms. The third kappa shape index (κ3) is 4.92. The molecule has 0 spiro atoms. The molecule has 2 aromatic carbocycles. The molecule has 5 rings (SSSR count). The molecule has 0 atom stereocenters. The number of likely N-dealkylation sites (N-methyl/N-ethyl adjacent to an activating group) is 1. The van der Waals surface area contributed by atoms with Crippen molar-refractivity contribution in [2.75, 3.05) is 63.8 Å². The molecule has 170 valence electrons. The van der Waals surface area contributed by atoms with Gasteiger partial charge in [-0.3, -0.25) is 15.0 Å². The summed E-state index contributed by atoms with van der Waals surface area (Å²) in [4.78, 5) is 15.4. The van der Waals surface area contributed by atoms with E-state index in [1.54, 1.807) is 0 Å². The number of non-ortho nitro benzene ring substituents is 1. The number of rotatable bonds is 8. The van der Waals surface area contributed by atoms with Crippen molar-refractivity contribution >= 4 is 34.4 Å². The van der Waals surface area contributed by atoms with Crippen LogP contribution in [0.15, 0.2) is 46.6 Å². The Balaban J connectivity index is 1.43. The maximum absolute atomic E-state index is 10.9. The molecule has 3 aliphatic rings. The zero-order valence-corrected chi connectivity index (χ0v) is 19.5. The average molecular weight is 458 g/mol. The summed E-state index contributed by atoms with van der Waals surface area (Å²) in [6.45, 7) is 15.0. The van der Waals surface area contributed by atoms with Gasteiger partial charge < -0.3 is 9.38 Å². The topological polar surface area (TPSA) is 74.3 Å². The Labute approximate surface area is 193 Å². The number of aryl methyl sites for hydroxylation is 1. The van der Waals surface area contributed by atoms with Crippen LogP contribution < -0.4 is 4.90 Å². The zero-order valence-electron chi connectivity index (χ0n) is 18.7. The monoisotopic (exact) mass is 457 g/mol. The van der Waals surface area contributed by atoms with Gasteiger partial charge in [-0.25, -0.2) is 0 Å². The second-order valence-corrected chi connectivity index (χ2v) is 9.13. The van der Waals surface area contributed by atoms with Gasteiger partial charge in [-0.15, -0.1) is 5.11 Å². The highest BCUT2D eigenvalue weighted by Gasteiger charge is 2.38. The van der Waals surface area contributed by atoms with Crippen molar-refractivity contribution in [2.45, 2.75) is 13.8 Å². The number of azo groups is 1. The number of benzene rings is 2. The van der Waals surface area contributed by atoms with Gasteiger partial charge in [-0.1, -0.05) is 11.6 Å². The van der Waals surface area contributed by atoms with Gasteiger partial charge in [-0.05, 0) is 43.7 Å². The molecule has 0 aliphatic carbocycles. The third-order valence-electron chi connectivity index (χ3n) is 6.85. The van der Waals surface area contributed by atoms with Crippen molar-refractivity contribution in [3.05, 3.63) is 57.1 Å². The molecule has 0 radical (unpaired) electrons. The van der Waals surface area contributed by atoms with Gasteiger partial charge in [0.2, 0.25) is 0 Å². The van der Waals surface area contributed by atoms with E-state index in [0.717, 1.165) is 24.3 Å². The molecule has 0 saturated carbocycles. The first-order chi connectivity index (χ1) is 15.4. The summed E-state index contributed by atoms with van der Waals surface area (Å²) in [6, 6.07) is 10.4. The normalized spacial score (nSPS) is 22.4. The van der Waals surface area contributed by atoms with E-state index in [1.165, 1.54) is 74.2 Å². The van der Waals surface area contributed by atoms with Crippen molar-refractivity contribution < 1.29 is 9.41 Å². The minimum absolute atomic E-state index is 0.0638. The van der Waals surface area contributed by atoms with Gasteiger partial charge in [0.05, 0.1) is 48.4 Å². The summed E-state index contributed by atoms with van der Waals surface area (Å²) in [5.41, 5.74) is 3.33. The largest absolute Gasteiger partial charge is 0.366 e. The maximum Gasteiger partial charge on any atom is 0.271 e. The lowest BCUT2D eigenvalue weighted by molar-refractivity contribution is -0.939. The highest BCUT2D eigenvalue weighted by Crippen LogP contribution is 2.32. The predicted octanol–water partition coefficient (Wildman–Crippen LogP) is 4.94.